The fourth-order valence-electron chi connectivity index (χ4n) is 2.96. The number of carbonyl (C=O) groups is 1. The Morgan fingerprint density at radius 1 is 1.17 bits per heavy atom. The highest BCUT2D eigenvalue weighted by molar-refractivity contribution is 8.24. The van der Waals surface area contributed by atoms with E-state index in [4.69, 9.17) is 38.0 Å². The number of thiocarbonyl (C=S) groups is 1. The van der Waals surface area contributed by atoms with E-state index in [9.17, 15) is 4.79 Å². The first kappa shape index (κ1) is 21.9. The van der Waals surface area contributed by atoms with Crippen LogP contribution < -0.4 is 9.47 Å². The first-order chi connectivity index (χ1) is 14.0. The number of thioether (sulfide) groups is 1. The number of methoxy groups -OCH3 is 2. The molecule has 29 heavy (non-hydrogen) atoms. The lowest BCUT2D eigenvalue weighted by atomic mass is 10.1. The maximum Gasteiger partial charge on any atom is 0.242 e. The lowest BCUT2D eigenvalue weighted by Gasteiger charge is -2.15. The van der Waals surface area contributed by atoms with Crippen LogP contribution in [0.3, 0.4) is 0 Å². The van der Waals surface area contributed by atoms with Gasteiger partial charge in [0.2, 0.25) is 5.91 Å². The largest absolute Gasteiger partial charge is 0.493 e. The summed E-state index contributed by atoms with van der Waals surface area (Å²) in [6.45, 7) is 1.29. The Labute approximate surface area is 185 Å². The second-order valence-corrected chi connectivity index (χ2v) is 8.67. The van der Waals surface area contributed by atoms with Crippen LogP contribution in [0.5, 0.6) is 11.5 Å². The van der Waals surface area contributed by atoms with Gasteiger partial charge in [0.1, 0.15) is 10.9 Å². The fourth-order valence-corrected chi connectivity index (χ4v) is 4.73. The molecule has 8 heteroatoms. The van der Waals surface area contributed by atoms with E-state index in [1.54, 1.807) is 19.1 Å². The van der Waals surface area contributed by atoms with E-state index in [0.717, 1.165) is 11.1 Å². The molecule has 1 heterocycles. The van der Waals surface area contributed by atoms with Crippen molar-refractivity contribution in [2.45, 2.75) is 18.3 Å². The Bertz CT molecular complexity index is 893. The third kappa shape index (κ3) is 5.42. The van der Waals surface area contributed by atoms with Crippen LogP contribution >= 0.6 is 35.6 Å². The summed E-state index contributed by atoms with van der Waals surface area (Å²) in [5, 5.41) is 0.424. The molecule has 3 rings (SSSR count). The second-order valence-electron chi connectivity index (χ2n) is 6.42. The highest BCUT2D eigenvalue weighted by Crippen LogP contribution is 2.33. The summed E-state index contributed by atoms with van der Waals surface area (Å²) in [7, 11) is 3.20. The number of hydrogen-bond donors (Lipinski definition) is 0. The van der Waals surface area contributed by atoms with Crippen LogP contribution in [0, 0.1) is 0 Å². The zero-order chi connectivity index (χ0) is 20.8. The maximum absolute atomic E-state index is 12.6. The molecule has 1 aliphatic heterocycles. The van der Waals surface area contributed by atoms with E-state index in [1.165, 1.54) is 11.8 Å². The van der Waals surface area contributed by atoms with Gasteiger partial charge in [0.05, 0.1) is 25.5 Å². The molecule has 1 fully saturated rings. The highest BCUT2D eigenvalue weighted by Gasteiger charge is 2.36. The van der Waals surface area contributed by atoms with Crippen LogP contribution in [0.2, 0.25) is 5.02 Å². The van der Waals surface area contributed by atoms with Crippen molar-refractivity contribution >= 4 is 45.8 Å². The summed E-state index contributed by atoms with van der Waals surface area (Å²) in [6.07, 6.45) is 0.564. The van der Waals surface area contributed by atoms with Gasteiger partial charge in [0.15, 0.2) is 11.5 Å². The molecule has 1 atom stereocenters. The third-order valence-electron chi connectivity index (χ3n) is 4.51. The van der Waals surface area contributed by atoms with Gasteiger partial charge in [-0.15, -0.1) is 0 Å². The van der Waals surface area contributed by atoms with E-state index in [0.29, 0.717) is 47.0 Å². The Kier molecular flexibility index (Phi) is 7.77. The third-order valence-corrected chi connectivity index (χ3v) is 6.47. The van der Waals surface area contributed by atoms with Crippen molar-refractivity contribution in [1.29, 1.82) is 0 Å². The minimum atomic E-state index is -0.237. The van der Waals surface area contributed by atoms with Crippen molar-refractivity contribution in [1.82, 2.24) is 4.90 Å². The van der Waals surface area contributed by atoms with Crippen LogP contribution in [0.1, 0.15) is 11.1 Å². The van der Waals surface area contributed by atoms with Crippen LogP contribution in [0.15, 0.2) is 42.5 Å². The van der Waals surface area contributed by atoms with E-state index < -0.39 is 0 Å². The van der Waals surface area contributed by atoms with Gasteiger partial charge in [-0.05, 0) is 30.2 Å². The van der Waals surface area contributed by atoms with Crippen LogP contribution in [0.4, 0.5) is 0 Å². The standard InChI is InChI=1S/C21H22ClNO4S2/c1-25-10-9-23-20(24)19(29-21(23)28)12-14-7-8-17(18(11-14)26-2)27-13-15-5-3-4-6-16(15)22/h3-8,11,19H,9-10,12-13H2,1-2H3/t19-/m1/s1. The minimum absolute atomic E-state index is 0.0232. The van der Waals surface area contributed by atoms with E-state index in [1.807, 2.05) is 42.5 Å². The summed E-state index contributed by atoms with van der Waals surface area (Å²) < 4.78 is 17.0. The summed E-state index contributed by atoms with van der Waals surface area (Å²) in [4.78, 5) is 14.2. The molecule has 0 radical (unpaired) electrons. The molecule has 0 spiro atoms. The SMILES string of the molecule is COCCN1C(=O)[C@@H](Cc2ccc(OCc3ccccc3Cl)c(OC)c2)SC1=S. The maximum atomic E-state index is 12.6. The molecule has 0 N–H and O–H groups in total. The zero-order valence-electron chi connectivity index (χ0n) is 16.2. The topological polar surface area (TPSA) is 48.0 Å². The number of hydrogen-bond acceptors (Lipinski definition) is 6. The van der Waals surface area contributed by atoms with Gasteiger partial charge in [-0.1, -0.05) is 59.8 Å². The molecule has 1 amide bonds. The predicted molar refractivity (Wildman–Crippen MR) is 120 cm³/mol. The molecular formula is C21H22ClNO4S2. The predicted octanol–water partition coefficient (Wildman–Crippen LogP) is 4.35. The monoisotopic (exact) mass is 451 g/mol. The van der Waals surface area contributed by atoms with Gasteiger partial charge in [0.25, 0.3) is 0 Å². The molecule has 5 nitrogen and oxygen atoms in total. The molecule has 2 aromatic carbocycles. The molecule has 1 saturated heterocycles. The molecule has 1 aliphatic rings. The van der Waals surface area contributed by atoms with Crippen LogP contribution in [-0.2, 0) is 22.6 Å². The van der Waals surface area contributed by atoms with E-state index in [2.05, 4.69) is 0 Å². The number of carbonyl (C=O) groups excluding carboxylic acids is 1. The van der Waals surface area contributed by atoms with E-state index >= 15 is 0 Å². The number of rotatable bonds is 9. The highest BCUT2D eigenvalue weighted by atomic mass is 35.5. The molecule has 154 valence electrons. The normalized spacial score (nSPS) is 16.4. The summed E-state index contributed by atoms with van der Waals surface area (Å²) in [6, 6.07) is 13.3. The molecule has 0 aromatic heterocycles. The minimum Gasteiger partial charge on any atom is -0.493 e. The quantitative estimate of drug-likeness (QED) is 0.528. The number of amides is 1. The Balaban J connectivity index is 1.66. The molecular weight excluding hydrogens is 430 g/mol. The molecule has 0 aliphatic carbocycles. The molecule has 0 bridgehead atoms. The number of benzene rings is 2. The lowest BCUT2D eigenvalue weighted by molar-refractivity contribution is -0.126. The zero-order valence-corrected chi connectivity index (χ0v) is 18.6. The first-order valence-corrected chi connectivity index (χ1v) is 10.7. The van der Waals surface area contributed by atoms with Crippen molar-refractivity contribution in [3.63, 3.8) is 0 Å². The average molecular weight is 452 g/mol. The van der Waals surface area contributed by atoms with Crippen molar-refractivity contribution < 1.29 is 19.0 Å². The van der Waals surface area contributed by atoms with Crippen molar-refractivity contribution in [2.75, 3.05) is 27.4 Å². The molecule has 2 aromatic rings. The van der Waals surface area contributed by atoms with Crippen LogP contribution in [0.25, 0.3) is 0 Å². The van der Waals surface area contributed by atoms with Gasteiger partial charge in [-0.2, -0.15) is 0 Å². The van der Waals surface area contributed by atoms with Gasteiger partial charge in [-0.3, -0.25) is 9.69 Å². The Morgan fingerprint density at radius 2 is 1.97 bits per heavy atom. The van der Waals surface area contributed by atoms with Crippen molar-refractivity contribution in [3.8, 4) is 11.5 Å². The Hall–Kier alpha value is -1.80. The van der Waals surface area contributed by atoms with Gasteiger partial charge >= 0.3 is 0 Å². The second kappa shape index (κ2) is 10.3. The smallest absolute Gasteiger partial charge is 0.242 e. The summed E-state index contributed by atoms with van der Waals surface area (Å²) in [5.41, 5.74) is 1.88. The first-order valence-electron chi connectivity index (χ1n) is 9.07. The lowest BCUT2D eigenvalue weighted by Crippen LogP contribution is -2.34. The average Bonchev–Trinajstić information content (AvgIpc) is 2.99. The number of nitrogens with zero attached hydrogens (tertiary/aromatic N) is 1. The Morgan fingerprint density at radius 3 is 2.69 bits per heavy atom. The van der Waals surface area contributed by atoms with Gasteiger partial charge < -0.3 is 14.2 Å². The van der Waals surface area contributed by atoms with Gasteiger partial charge in [-0.25, -0.2) is 0 Å². The van der Waals surface area contributed by atoms with Gasteiger partial charge in [0, 0.05) is 17.7 Å². The van der Waals surface area contributed by atoms with E-state index in [-0.39, 0.29) is 11.2 Å². The summed E-state index contributed by atoms with van der Waals surface area (Å²) >= 11 is 12.9. The van der Waals surface area contributed by atoms with Crippen molar-refractivity contribution in [3.05, 3.63) is 58.6 Å². The molecule has 0 unspecified atom stereocenters. The number of halogens is 1. The van der Waals surface area contributed by atoms with Crippen LogP contribution in [-0.4, -0.2) is 47.7 Å². The van der Waals surface area contributed by atoms with Crippen molar-refractivity contribution in [2.24, 2.45) is 0 Å². The fraction of sp³-hybridized carbons (Fsp3) is 0.333. The molecule has 0 saturated carbocycles. The number of ether oxygens (including phenoxy) is 3. The summed E-state index contributed by atoms with van der Waals surface area (Å²) in [5.74, 6) is 1.26.